The quantitative estimate of drug-likeness (QED) is 0.646. The van der Waals surface area contributed by atoms with E-state index in [1.807, 2.05) is 13.8 Å². The van der Waals surface area contributed by atoms with E-state index in [-0.39, 0.29) is 28.2 Å². The number of sulfone groups is 1. The average molecular weight is 402 g/mol. The molecule has 0 bridgehead atoms. The van der Waals surface area contributed by atoms with Crippen LogP contribution in [0.2, 0.25) is 0 Å². The Morgan fingerprint density at radius 1 is 1.07 bits per heavy atom. The first kappa shape index (κ1) is 25.4. The summed E-state index contributed by atoms with van der Waals surface area (Å²) in [6.45, 7) is 12.9. The molecule has 1 aromatic rings. The van der Waals surface area contributed by atoms with Gasteiger partial charge in [0.25, 0.3) is 0 Å². The molecule has 0 radical (unpaired) electrons. The van der Waals surface area contributed by atoms with Gasteiger partial charge in [0.1, 0.15) is 0 Å². The largest absolute Gasteiger partial charge is 0.412 e. The zero-order chi connectivity index (χ0) is 19.7. The van der Waals surface area contributed by atoms with Crippen LogP contribution in [-0.2, 0) is 9.84 Å². The molecular formula is C19H35N3O4S. The monoisotopic (exact) mass is 401 g/mol. The second kappa shape index (κ2) is 11.9. The van der Waals surface area contributed by atoms with Crippen molar-refractivity contribution in [1.82, 2.24) is 15.1 Å². The lowest BCUT2D eigenvalue weighted by atomic mass is 10.2. The van der Waals surface area contributed by atoms with Gasteiger partial charge < -0.3 is 20.6 Å². The number of hydrogen-bond donors (Lipinski definition) is 1. The molecule has 0 saturated carbocycles. The summed E-state index contributed by atoms with van der Waals surface area (Å²) >= 11 is 0. The third kappa shape index (κ3) is 7.86. The lowest BCUT2D eigenvalue weighted by Crippen LogP contribution is -2.52. The van der Waals surface area contributed by atoms with Gasteiger partial charge in [0.2, 0.25) is 0 Å². The average Bonchev–Trinajstić information content (AvgIpc) is 2.59. The number of nitrogens with one attached hydrogen (secondary N) is 1. The van der Waals surface area contributed by atoms with Gasteiger partial charge in [0.05, 0.1) is 10.6 Å². The molecule has 1 atom stereocenters. The van der Waals surface area contributed by atoms with Crippen molar-refractivity contribution in [3.05, 3.63) is 30.3 Å². The number of likely N-dealkylation sites (N-methyl/N-ethyl adjacent to an activating group) is 1. The fourth-order valence-electron chi connectivity index (χ4n) is 3.02. The Kier molecular flexibility index (Phi) is 11.2. The molecule has 7 nitrogen and oxygen atoms in total. The maximum atomic E-state index is 12.6. The predicted molar refractivity (Wildman–Crippen MR) is 110 cm³/mol. The smallest absolute Gasteiger partial charge is 0.317 e. The highest BCUT2D eigenvalue weighted by Crippen LogP contribution is 2.15. The minimum Gasteiger partial charge on any atom is -0.412 e. The lowest BCUT2D eigenvalue weighted by molar-refractivity contribution is 0.164. The Morgan fingerprint density at radius 3 is 2.11 bits per heavy atom. The summed E-state index contributed by atoms with van der Waals surface area (Å²) in [5.74, 6) is -0.0986. The van der Waals surface area contributed by atoms with Crippen molar-refractivity contribution in [2.24, 2.45) is 0 Å². The molecule has 0 aliphatic carbocycles. The normalized spacial score (nSPS) is 12.6. The molecule has 3 N–H and O–H groups in total. The first-order valence-electron chi connectivity index (χ1n) is 9.29. The van der Waals surface area contributed by atoms with Gasteiger partial charge in [-0.25, -0.2) is 13.2 Å². The highest BCUT2D eigenvalue weighted by atomic mass is 32.2. The van der Waals surface area contributed by atoms with Gasteiger partial charge in [-0.05, 0) is 46.0 Å². The van der Waals surface area contributed by atoms with E-state index in [9.17, 15) is 13.2 Å². The number of rotatable bonds is 10. The van der Waals surface area contributed by atoms with Crippen molar-refractivity contribution in [2.45, 2.75) is 51.6 Å². The second-order valence-corrected chi connectivity index (χ2v) is 8.74. The zero-order valence-electron chi connectivity index (χ0n) is 17.1. The number of amides is 2. The Hall–Kier alpha value is -1.64. The number of carbonyl (C=O) groups is 1. The van der Waals surface area contributed by atoms with Crippen LogP contribution in [0.4, 0.5) is 4.79 Å². The number of benzene rings is 1. The van der Waals surface area contributed by atoms with Crippen molar-refractivity contribution in [2.75, 3.05) is 31.9 Å². The van der Waals surface area contributed by atoms with Gasteiger partial charge in [-0.1, -0.05) is 32.0 Å². The van der Waals surface area contributed by atoms with Crippen LogP contribution < -0.4 is 5.32 Å². The molecule has 27 heavy (non-hydrogen) atoms. The van der Waals surface area contributed by atoms with Crippen molar-refractivity contribution in [1.29, 1.82) is 0 Å². The van der Waals surface area contributed by atoms with Crippen LogP contribution in [0.15, 0.2) is 35.2 Å². The number of urea groups is 1. The summed E-state index contributed by atoms with van der Waals surface area (Å²) in [4.78, 5) is 16.7. The van der Waals surface area contributed by atoms with E-state index in [0.717, 1.165) is 19.6 Å². The Labute approximate surface area is 164 Å². The predicted octanol–water partition coefficient (Wildman–Crippen LogP) is 1.79. The second-order valence-electron chi connectivity index (χ2n) is 6.70. The van der Waals surface area contributed by atoms with E-state index in [4.69, 9.17) is 0 Å². The van der Waals surface area contributed by atoms with E-state index in [2.05, 4.69) is 24.1 Å². The molecule has 0 fully saturated rings. The van der Waals surface area contributed by atoms with E-state index in [1.165, 1.54) is 0 Å². The molecule has 0 aliphatic heterocycles. The number of hydrogen-bond acceptors (Lipinski definition) is 4. The van der Waals surface area contributed by atoms with Crippen LogP contribution in [0.5, 0.6) is 0 Å². The lowest BCUT2D eigenvalue weighted by Gasteiger charge is -2.33. The third-order valence-electron chi connectivity index (χ3n) is 4.43. The van der Waals surface area contributed by atoms with Crippen LogP contribution >= 0.6 is 0 Å². The van der Waals surface area contributed by atoms with Gasteiger partial charge in [0, 0.05) is 25.2 Å². The molecule has 1 rings (SSSR count). The third-order valence-corrected chi connectivity index (χ3v) is 6.34. The molecule has 2 amide bonds. The van der Waals surface area contributed by atoms with Gasteiger partial charge >= 0.3 is 6.03 Å². The maximum Gasteiger partial charge on any atom is 0.317 e. The van der Waals surface area contributed by atoms with Crippen LogP contribution in [0, 0.1) is 0 Å². The molecule has 0 saturated heterocycles. The van der Waals surface area contributed by atoms with E-state index < -0.39 is 15.9 Å². The number of carbonyl (C=O) groups excluding carboxylic acids is 1. The van der Waals surface area contributed by atoms with Gasteiger partial charge in [-0.2, -0.15) is 0 Å². The highest BCUT2D eigenvalue weighted by molar-refractivity contribution is 7.91. The molecule has 0 heterocycles. The van der Waals surface area contributed by atoms with E-state index in [1.54, 1.807) is 42.2 Å². The molecule has 0 aliphatic rings. The molecule has 1 aromatic carbocycles. The van der Waals surface area contributed by atoms with E-state index >= 15 is 0 Å². The Bertz CT molecular complexity index is 646. The van der Waals surface area contributed by atoms with Crippen molar-refractivity contribution < 1.29 is 18.7 Å². The summed E-state index contributed by atoms with van der Waals surface area (Å²) in [5, 5.41) is 2.92. The molecule has 156 valence electrons. The van der Waals surface area contributed by atoms with Crippen molar-refractivity contribution >= 4 is 15.9 Å². The first-order chi connectivity index (χ1) is 12.2. The van der Waals surface area contributed by atoms with Crippen LogP contribution in [0.25, 0.3) is 0 Å². The first-order valence-corrected chi connectivity index (χ1v) is 10.9. The Morgan fingerprint density at radius 2 is 1.63 bits per heavy atom. The molecule has 1 unspecified atom stereocenters. The number of nitrogens with zero attached hydrogens (tertiary/aromatic N) is 2. The van der Waals surface area contributed by atoms with Crippen molar-refractivity contribution in [3.63, 3.8) is 0 Å². The summed E-state index contributed by atoms with van der Waals surface area (Å²) in [6.07, 6.45) is 0. The van der Waals surface area contributed by atoms with Gasteiger partial charge in [-0.15, -0.1) is 0 Å². The summed E-state index contributed by atoms with van der Waals surface area (Å²) in [6, 6.07) is 7.64. The minimum absolute atomic E-state index is 0. The van der Waals surface area contributed by atoms with Crippen LogP contribution in [0.3, 0.4) is 0 Å². The van der Waals surface area contributed by atoms with Gasteiger partial charge in [-0.3, -0.25) is 0 Å². The fourth-order valence-corrected chi connectivity index (χ4v) is 4.58. The van der Waals surface area contributed by atoms with Crippen molar-refractivity contribution in [3.8, 4) is 0 Å². The minimum atomic E-state index is -3.44. The van der Waals surface area contributed by atoms with Crippen LogP contribution in [0.1, 0.15) is 34.6 Å². The van der Waals surface area contributed by atoms with Crippen LogP contribution in [-0.4, -0.2) is 73.7 Å². The standard InChI is InChI=1S/C19H33N3O3S.H2O/c1-6-21(7-2)14-13-20-19(23)22(16(3)4)17(5)15-26(24,25)18-11-9-8-10-12-18;/h8-12,16-17H,6-7,13-15H2,1-5H3,(H,20,23);1H2. The molecular weight excluding hydrogens is 366 g/mol. The molecule has 0 aromatic heterocycles. The van der Waals surface area contributed by atoms with E-state index in [0.29, 0.717) is 6.54 Å². The fraction of sp³-hybridized carbons (Fsp3) is 0.632. The summed E-state index contributed by atoms with van der Waals surface area (Å²) in [7, 11) is -3.44. The highest BCUT2D eigenvalue weighted by Gasteiger charge is 2.28. The summed E-state index contributed by atoms with van der Waals surface area (Å²) < 4.78 is 25.2. The van der Waals surface area contributed by atoms with Gasteiger partial charge in [0.15, 0.2) is 9.84 Å². The SMILES string of the molecule is CCN(CC)CCNC(=O)N(C(C)C)C(C)CS(=O)(=O)c1ccccc1.O. The molecule has 8 heteroatoms. The zero-order valence-corrected chi connectivity index (χ0v) is 17.9. The topological polar surface area (TPSA) is 101 Å². The maximum absolute atomic E-state index is 12.6. The Balaban J connectivity index is 0.00000676. The molecule has 0 spiro atoms. The summed E-state index contributed by atoms with van der Waals surface area (Å²) in [5.41, 5.74) is 0.